The summed E-state index contributed by atoms with van der Waals surface area (Å²) >= 11 is 9.50. The van der Waals surface area contributed by atoms with Crippen molar-refractivity contribution in [2.24, 2.45) is 0 Å². The van der Waals surface area contributed by atoms with Crippen molar-refractivity contribution in [1.29, 1.82) is 0 Å². The first kappa shape index (κ1) is 10.1. The van der Waals surface area contributed by atoms with Crippen LogP contribution in [0, 0.1) is 0 Å². The van der Waals surface area contributed by atoms with Crippen LogP contribution in [0.2, 0.25) is 0 Å². The van der Waals surface area contributed by atoms with E-state index in [1.54, 1.807) is 4.09 Å². The van der Waals surface area contributed by atoms with Crippen molar-refractivity contribution >= 4 is 38.6 Å². The Labute approximate surface area is 96.9 Å². The average molecular weight is 273 g/mol. The van der Waals surface area contributed by atoms with Crippen LogP contribution in [0.25, 0.3) is 10.9 Å². The lowest BCUT2D eigenvalue weighted by Gasteiger charge is -1.95. The normalized spacial score (nSPS) is 11.0. The van der Waals surface area contributed by atoms with Crippen molar-refractivity contribution in [2.75, 3.05) is 5.33 Å². The van der Waals surface area contributed by atoms with Crippen LogP contribution in [0.3, 0.4) is 0 Å². The highest BCUT2D eigenvalue weighted by atomic mass is 79.9. The third-order valence-electron chi connectivity index (χ3n) is 2.33. The maximum atomic E-state index is 6.06. The van der Waals surface area contributed by atoms with Crippen molar-refractivity contribution in [1.82, 2.24) is 4.09 Å². The summed E-state index contributed by atoms with van der Waals surface area (Å²) in [5, 5.41) is 2.30. The maximum Gasteiger partial charge on any atom is 0.0650 e. The minimum Gasteiger partial charge on any atom is -0.260 e. The SMILES string of the molecule is Cln1cc(CCCBr)c2ccccc21. The molecule has 0 saturated carbocycles. The van der Waals surface area contributed by atoms with Crippen LogP contribution in [0.1, 0.15) is 12.0 Å². The van der Waals surface area contributed by atoms with Gasteiger partial charge in [0.15, 0.2) is 0 Å². The minimum atomic E-state index is 1.04. The molecule has 0 saturated heterocycles. The molecule has 1 aromatic carbocycles. The summed E-state index contributed by atoms with van der Waals surface area (Å²) < 4.78 is 1.68. The van der Waals surface area contributed by atoms with Gasteiger partial charge in [0.1, 0.15) is 0 Å². The molecule has 2 aromatic rings. The van der Waals surface area contributed by atoms with E-state index in [9.17, 15) is 0 Å². The number of alkyl halides is 1. The fourth-order valence-electron chi connectivity index (χ4n) is 1.66. The summed E-state index contributed by atoms with van der Waals surface area (Å²) in [7, 11) is 0. The maximum absolute atomic E-state index is 6.06. The van der Waals surface area contributed by atoms with E-state index >= 15 is 0 Å². The number of hydrogen-bond donors (Lipinski definition) is 0. The Bertz CT molecular complexity index is 436. The Hall–Kier alpha value is -0.470. The number of aryl methyl sites for hydroxylation is 1. The zero-order valence-electron chi connectivity index (χ0n) is 7.71. The van der Waals surface area contributed by atoms with Gasteiger partial charge in [0, 0.05) is 28.7 Å². The number of halogens is 2. The lowest BCUT2D eigenvalue weighted by atomic mass is 10.1. The Morgan fingerprint density at radius 1 is 1.29 bits per heavy atom. The van der Waals surface area contributed by atoms with Crippen molar-refractivity contribution in [3.63, 3.8) is 0 Å². The van der Waals surface area contributed by atoms with Crippen molar-refractivity contribution < 1.29 is 0 Å². The molecule has 3 heteroatoms. The third-order valence-corrected chi connectivity index (χ3v) is 3.17. The lowest BCUT2D eigenvalue weighted by molar-refractivity contribution is 0.945. The predicted octanol–water partition coefficient (Wildman–Crippen LogP) is 3.97. The number of para-hydroxylation sites is 1. The van der Waals surface area contributed by atoms with Crippen molar-refractivity contribution in [3.05, 3.63) is 36.0 Å². The first-order valence-electron chi connectivity index (χ1n) is 4.64. The van der Waals surface area contributed by atoms with Gasteiger partial charge < -0.3 is 0 Å². The van der Waals surface area contributed by atoms with Crippen molar-refractivity contribution in [3.8, 4) is 0 Å². The highest BCUT2D eigenvalue weighted by molar-refractivity contribution is 9.09. The summed E-state index contributed by atoms with van der Waals surface area (Å²) in [4.78, 5) is 0. The van der Waals surface area contributed by atoms with Gasteiger partial charge in [0.2, 0.25) is 0 Å². The van der Waals surface area contributed by atoms with Crippen LogP contribution in [-0.2, 0) is 6.42 Å². The molecule has 0 bridgehead atoms. The number of aromatic nitrogens is 1. The molecule has 0 amide bonds. The molecule has 74 valence electrons. The number of fused-ring (bicyclic) bond motifs is 1. The molecular formula is C11H11BrClN. The molecule has 1 nitrogen and oxygen atoms in total. The standard InChI is InChI=1S/C11H11BrClN/c12-7-3-4-9-8-14(13)11-6-2-1-5-10(9)11/h1-2,5-6,8H,3-4,7H2. The van der Waals surface area contributed by atoms with Gasteiger partial charge in [-0.05, 0) is 24.5 Å². The minimum absolute atomic E-state index is 1.04. The topological polar surface area (TPSA) is 4.93 Å². The fourth-order valence-corrected chi connectivity index (χ4v) is 2.21. The van der Waals surface area contributed by atoms with E-state index in [1.165, 1.54) is 10.9 Å². The molecule has 0 aliphatic carbocycles. The molecule has 1 aromatic heterocycles. The molecule has 2 rings (SSSR count). The highest BCUT2D eigenvalue weighted by Gasteiger charge is 2.05. The molecule has 1 heterocycles. The van der Waals surface area contributed by atoms with E-state index < -0.39 is 0 Å². The average Bonchev–Trinajstić information content (AvgIpc) is 2.54. The van der Waals surface area contributed by atoms with Crippen LogP contribution >= 0.6 is 27.7 Å². The Balaban J connectivity index is 2.44. The molecule has 0 aliphatic heterocycles. The summed E-state index contributed by atoms with van der Waals surface area (Å²) in [6.07, 6.45) is 4.23. The molecule has 0 unspecified atom stereocenters. The smallest absolute Gasteiger partial charge is 0.0650 e. The summed E-state index contributed by atoms with van der Waals surface area (Å²) in [6.45, 7) is 0. The Morgan fingerprint density at radius 2 is 2.07 bits per heavy atom. The van der Waals surface area contributed by atoms with E-state index in [1.807, 2.05) is 18.3 Å². The quantitative estimate of drug-likeness (QED) is 0.745. The second-order valence-corrected chi connectivity index (χ2v) is 4.43. The Kier molecular flexibility index (Phi) is 3.14. The van der Waals surface area contributed by atoms with Gasteiger partial charge in [-0.3, -0.25) is 4.09 Å². The summed E-state index contributed by atoms with van der Waals surface area (Å²) in [5.74, 6) is 0. The van der Waals surface area contributed by atoms with Crippen LogP contribution in [0.4, 0.5) is 0 Å². The zero-order chi connectivity index (χ0) is 9.97. The monoisotopic (exact) mass is 271 g/mol. The van der Waals surface area contributed by atoms with E-state index in [0.717, 1.165) is 23.7 Å². The molecule has 0 spiro atoms. The molecule has 14 heavy (non-hydrogen) atoms. The molecule has 0 N–H and O–H groups in total. The van der Waals surface area contributed by atoms with Gasteiger partial charge >= 0.3 is 0 Å². The van der Waals surface area contributed by atoms with Crippen molar-refractivity contribution in [2.45, 2.75) is 12.8 Å². The molecule has 0 atom stereocenters. The van der Waals surface area contributed by atoms with E-state index in [0.29, 0.717) is 0 Å². The number of rotatable bonds is 3. The number of benzene rings is 1. The van der Waals surface area contributed by atoms with Crippen LogP contribution < -0.4 is 0 Å². The number of hydrogen-bond acceptors (Lipinski definition) is 0. The molecule has 0 radical (unpaired) electrons. The van der Waals surface area contributed by atoms with Gasteiger partial charge in [-0.25, -0.2) is 0 Å². The first-order chi connectivity index (χ1) is 6.83. The number of nitrogens with zero attached hydrogens (tertiary/aromatic N) is 1. The predicted molar refractivity (Wildman–Crippen MR) is 65.3 cm³/mol. The van der Waals surface area contributed by atoms with Crippen LogP contribution in [-0.4, -0.2) is 9.42 Å². The van der Waals surface area contributed by atoms with E-state index in [-0.39, 0.29) is 0 Å². The zero-order valence-corrected chi connectivity index (χ0v) is 10.1. The van der Waals surface area contributed by atoms with E-state index in [2.05, 4.69) is 28.1 Å². The van der Waals surface area contributed by atoms with Gasteiger partial charge in [-0.15, -0.1) is 0 Å². The van der Waals surface area contributed by atoms with E-state index in [4.69, 9.17) is 11.8 Å². The van der Waals surface area contributed by atoms with Gasteiger partial charge in [0.05, 0.1) is 5.52 Å². The van der Waals surface area contributed by atoms with Gasteiger partial charge in [-0.2, -0.15) is 0 Å². The molecular weight excluding hydrogens is 261 g/mol. The third kappa shape index (κ3) is 1.82. The second-order valence-electron chi connectivity index (χ2n) is 3.28. The molecule has 0 fully saturated rings. The fraction of sp³-hybridized carbons (Fsp3) is 0.273. The van der Waals surface area contributed by atoms with Gasteiger partial charge in [-0.1, -0.05) is 34.1 Å². The highest BCUT2D eigenvalue weighted by Crippen LogP contribution is 2.23. The summed E-state index contributed by atoms with van der Waals surface area (Å²) in [5.41, 5.74) is 2.42. The first-order valence-corrected chi connectivity index (χ1v) is 6.10. The molecule has 0 aliphatic rings. The van der Waals surface area contributed by atoms with Gasteiger partial charge in [0.25, 0.3) is 0 Å². The Morgan fingerprint density at radius 3 is 2.86 bits per heavy atom. The lowest BCUT2D eigenvalue weighted by Crippen LogP contribution is -1.83. The largest absolute Gasteiger partial charge is 0.260 e. The van der Waals surface area contributed by atoms with Crippen LogP contribution in [0.15, 0.2) is 30.5 Å². The van der Waals surface area contributed by atoms with Crippen LogP contribution in [0.5, 0.6) is 0 Å². The summed E-state index contributed by atoms with van der Waals surface area (Å²) in [6, 6.07) is 8.23. The second kappa shape index (κ2) is 4.37.